The van der Waals surface area contributed by atoms with E-state index < -0.39 is 5.60 Å². The van der Waals surface area contributed by atoms with Crippen molar-refractivity contribution in [3.05, 3.63) is 30.1 Å². The first-order valence-electron chi connectivity index (χ1n) is 9.10. The number of aromatic nitrogens is 1. The third-order valence-electron chi connectivity index (χ3n) is 4.75. The average Bonchev–Trinajstić information content (AvgIpc) is 2.61. The first-order valence-corrected chi connectivity index (χ1v) is 9.10. The van der Waals surface area contributed by atoms with Crippen molar-refractivity contribution in [3.63, 3.8) is 0 Å². The Bertz CT molecular complexity index is 648. The monoisotopic (exact) mass is 361 g/mol. The maximum absolute atomic E-state index is 12.7. The minimum absolute atomic E-state index is 0.0668. The number of likely N-dealkylation sites (tertiary alicyclic amines) is 1. The summed E-state index contributed by atoms with van der Waals surface area (Å²) in [6.07, 6.45) is 2.73. The highest BCUT2D eigenvalue weighted by molar-refractivity contribution is 5.92. The Balaban J connectivity index is 1.60. The minimum Gasteiger partial charge on any atom is -0.444 e. The molecule has 0 aromatic carbocycles. The van der Waals surface area contributed by atoms with Gasteiger partial charge in [-0.2, -0.15) is 0 Å². The lowest BCUT2D eigenvalue weighted by Gasteiger charge is -2.47. The van der Waals surface area contributed by atoms with Crippen LogP contribution in [0.3, 0.4) is 0 Å². The quantitative estimate of drug-likeness (QED) is 0.768. The van der Waals surface area contributed by atoms with Crippen LogP contribution in [0.5, 0.6) is 0 Å². The van der Waals surface area contributed by atoms with Crippen LogP contribution in [0.4, 0.5) is 4.79 Å². The summed E-state index contributed by atoms with van der Waals surface area (Å²) in [6.45, 7) is 8.33. The molecule has 3 rings (SSSR count). The molecule has 1 aromatic rings. The summed E-state index contributed by atoms with van der Waals surface area (Å²) in [4.78, 5) is 32.6. The van der Waals surface area contributed by atoms with E-state index in [9.17, 15) is 9.59 Å². The lowest BCUT2D eigenvalue weighted by molar-refractivity contribution is -0.126. The summed E-state index contributed by atoms with van der Waals surface area (Å²) >= 11 is 0. The molecule has 7 heteroatoms. The molecule has 142 valence electrons. The molecule has 0 radical (unpaired) electrons. The molecule has 1 spiro atoms. The summed E-state index contributed by atoms with van der Waals surface area (Å²) < 4.78 is 11.5. The molecule has 0 atom stereocenters. The van der Waals surface area contributed by atoms with E-state index >= 15 is 0 Å². The van der Waals surface area contributed by atoms with Crippen LogP contribution in [0.15, 0.2) is 24.4 Å². The Morgan fingerprint density at radius 1 is 1.15 bits per heavy atom. The van der Waals surface area contributed by atoms with Gasteiger partial charge in [-0.1, -0.05) is 6.07 Å². The number of hydrogen-bond donors (Lipinski definition) is 0. The fourth-order valence-corrected chi connectivity index (χ4v) is 3.40. The molecule has 2 fully saturated rings. The van der Waals surface area contributed by atoms with Gasteiger partial charge in [0.2, 0.25) is 0 Å². The fourth-order valence-electron chi connectivity index (χ4n) is 3.40. The van der Waals surface area contributed by atoms with Gasteiger partial charge in [0.15, 0.2) is 0 Å². The minimum atomic E-state index is -0.501. The van der Waals surface area contributed by atoms with Gasteiger partial charge in [-0.15, -0.1) is 0 Å². The van der Waals surface area contributed by atoms with E-state index in [1.54, 1.807) is 23.2 Å². The van der Waals surface area contributed by atoms with Crippen molar-refractivity contribution in [1.82, 2.24) is 14.8 Å². The number of rotatable bonds is 1. The highest BCUT2D eigenvalue weighted by Crippen LogP contribution is 2.31. The van der Waals surface area contributed by atoms with Gasteiger partial charge in [0.1, 0.15) is 11.3 Å². The van der Waals surface area contributed by atoms with Crippen molar-refractivity contribution in [2.45, 2.75) is 44.8 Å². The number of morpholine rings is 1. The lowest BCUT2D eigenvalue weighted by Crippen LogP contribution is -2.58. The zero-order valence-electron chi connectivity index (χ0n) is 15.7. The van der Waals surface area contributed by atoms with Crippen molar-refractivity contribution in [1.29, 1.82) is 0 Å². The lowest BCUT2D eigenvalue weighted by atomic mass is 9.89. The maximum atomic E-state index is 12.7. The third-order valence-corrected chi connectivity index (χ3v) is 4.75. The van der Waals surface area contributed by atoms with Crippen LogP contribution in [-0.2, 0) is 9.47 Å². The molecule has 2 saturated heterocycles. The van der Waals surface area contributed by atoms with Crippen LogP contribution >= 0.6 is 0 Å². The number of carbonyl (C=O) groups excluding carboxylic acids is 2. The van der Waals surface area contributed by atoms with Gasteiger partial charge in [-0.25, -0.2) is 4.79 Å². The van der Waals surface area contributed by atoms with E-state index in [0.29, 0.717) is 51.3 Å². The summed E-state index contributed by atoms with van der Waals surface area (Å²) in [5.74, 6) is -0.0668. The van der Waals surface area contributed by atoms with E-state index in [1.165, 1.54) is 0 Å². The molecule has 0 aliphatic carbocycles. The predicted octanol–water partition coefficient (Wildman–Crippen LogP) is 2.32. The van der Waals surface area contributed by atoms with Crippen molar-refractivity contribution < 1.29 is 19.1 Å². The molecular weight excluding hydrogens is 334 g/mol. The van der Waals surface area contributed by atoms with E-state index in [1.807, 2.05) is 31.7 Å². The number of amides is 2. The first kappa shape index (κ1) is 18.6. The number of ether oxygens (including phenoxy) is 2. The Labute approximate surface area is 154 Å². The van der Waals surface area contributed by atoms with Crippen molar-refractivity contribution >= 4 is 12.0 Å². The highest BCUT2D eigenvalue weighted by Gasteiger charge is 2.42. The fraction of sp³-hybridized carbons (Fsp3) is 0.632. The van der Waals surface area contributed by atoms with E-state index in [0.717, 1.165) is 0 Å². The largest absolute Gasteiger partial charge is 0.444 e. The van der Waals surface area contributed by atoms with Crippen molar-refractivity contribution in [2.24, 2.45) is 0 Å². The topological polar surface area (TPSA) is 72.0 Å². The van der Waals surface area contributed by atoms with Crippen LogP contribution in [0.1, 0.15) is 44.1 Å². The number of piperidine rings is 1. The molecule has 3 heterocycles. The van der Waals surface area contributed by atoms with Gasteiger partial charge in [-0.3, -0.25) is 9.78 Å². The van der Waals surface area contributed by atoms with Crippen LogP contribution in [0.25, 0.3) is 0 Å². The number of pyridine rings is 1. The standard InChI is InChI=1S/C19H27N3O4/c1-18(2,3)26-17(24)21-10-7-19(8-11-21)14-22(12-13-25-19)16(23)15-6-4-5-9-20-15/h4-6,9H,7-8,10-14H2,1-3H3. The predicted molar refractivity (Wildman–Crippen MR) is 95.9 cm³/mol. The van der Waals surface area contributed by atoms with Crippen LogP contribution in [0, 0.1) is 0 Å². The molecule has 0 N–H and O–H groups in total. The number of hydrogen-bond acceptors (Lipinski definition) is 5. The van der Waals surface area contributed by atoms with Gasteiger partial charge in [0.05, 0.1) is 18.8 Å². The van der Waals surface area contributed by atoms with Crippen molar-refractivity contribution in [3.8, 4) is 0 Å². The molecule has 7 nitrogen and oxygen atoms in total. The molecule has 0 bridgehead atoms. The molecule has 26 heavy (non-hydrogen) atoms. The van der Waals surface area contributed by atoms with Crippen LogP contribution < -0.4 is 0 Å². The maximum Gasteiger partial charge on any atom is 0.410 e. The number of nitrogens with zero attached hydrogens (tertiary/aromatic N) is 3. The molecule has 0 saturated carbocycles. The molecule has 1 aromatic heterocycles. The first-order chi connectivity index (χ1) is 12.3. The van der Waals surface area contributed by atoms with Crippen molar-refractivity contribution in [2.75, 3.05) is 32.8 Å². The zero-order chi connectivity index (χ0) is 18.8. The summed E-state index contributed by atoms with van der Waals surface area (Å²) in [5.41, 5.74) is -0.434. The molecule has 2 aliphatic heterocycles. The van der Waals surface area contributed by atoms with Gasteiger partial charge >= 0.3 is 6.09 Å². The van der Waals surface area contributed by atoms with Gasteiger partial charge in [0.25, 0.3) is 5.91 Å². The van der Waals surface area contributed by atoms with Gasteiger partial charge in [0, 0.05) is 25.8 Å². The summed E-state index contributed by atoms with van der Waals surface area (Å²) in [5, 5.41) is 0. The second kappa shape index (κ2) is 7.23. The average molecular weight is 361 g/mol. The van der Waals surface area contributed by atoms with E-state index in [-0.39, 0.29) is 17.6 Å². The van der Waals surface area contributed by atoms with Gasteiger partial charge in [-0.05, 0) is 45.7 Å². The summed E-state index contributed by atoms with van der Waals surface area (Å²) in [6, 6.07) is 5.34. The molecule has 2 aliphatic rings. The second-order valence-electron chi connectivity index (χ2n) is 7.94. The third kappa shape index (κ3) is 4.33. The Hall–Kier alpha value is -2.15. The van der Waals surface area contributed by atoms with Gasteiger partial charge < -0.3 is 19.3 Å². The highest BCUT2D eigenvalue weighted by atomic mass is 16.6. The Morgan fingerprint density at radius 3 is 2.50 bits per heavy atom. The zero-order valence-corrected chi connectivity index (χ0v) is 15.7. The second-order valence-corrected chi connectivity index (χ2v) is 7.94. The van der Waals surface area contributed by atoms with Crippen LogP contribution in [-0.4, -0.2) is 70.8 Å². The molecule has 0 unspecified atom stereocenters. The van der Waals surface area contributed by atoms with E-state index in [2.05, 4.69) is 4.98 Å². The smallest absolute Gasteiger partial charge is 0.410 e. The SMILES string of the molecule is CC(C)(C)OC(=O)N1CCC2(CC1)CN(C(=O)c1ccccn1)CCO2. The van der Waals surface area contributed by atoms with Crippen LogP contribution in [0.2, 0.25) is 0 Å². The Morgan fingerprint density at radius 2 is 1.88 bits per heavy atom. The Kier molecular flexibility index (Phi) is 5.18. The summed E-state index contributed by atoms with van der Waals surface area (Å²) in [7, 11) is 0. The molecular formula is C19H27N3O4. The molecule has 2 amide bonds. The van der Waals surface area contributed by atoms with E-state index in [4.69, 9.17) is 9.47 Å². The number of carbonyl (C=O) groups is 2. The normalized spacial score (nSPS) is 20.1.